The number of rotatable bonds is 4. The molecule has 1 heterocycles. The highest BCUT2D eigenvalue weighted by molar-refractivity contribution is 6.31. The summed E-state index contributed by atoms with van der Waals surface area (Å²) in [6.07, 6.45) is 0. The Bertz CT molecular complexity index is 849. The van der Waals surface area contributed by atoms with Gasteiger partial charge in [0.25, 0.3) is 0 Å². The Kier molecular flexibility index (Phi) is 4.05. The van der Waals surface area contributed by atoms with Gasteiger partial charge in [0.2, 0.25) is 0 Å². The third kappa shape index (κ3) is 3.08. The molecule has 114 valence electrons. The molecule has 0 bridgehead atoms. The summed E-state index contributed by atoms with van der Waals surface area (Å²) >= 11 is 6.01. The van der Waals surface area contributed by atoms with Gasteiger partial charge in [0.15, 0.2) is 5.58 Å². The SMILES string of the molecule is Cc1ccc(CN(C)Cn2c(=O)oc3ccc(Cl)cc32)cc1. The second-order valence-corrected chi connectivity index (χ2v) is 5.99. The summed E-state index contributed by atoms with van der Waals surface area (Å²) in [5.74, 6) is -0.368. The van der Waals surface area contributed by atoms with Crippen LogP contribution in [0.25, 0.3) is 11.1 Å². The fourth-order valence-corrected chi connectivity index (χ4v) is 2.63. The van der Waals surface area contributed by atoms with E-state index in [-0.39, 0.29) is 5.76 Å². The molecular formula is C17H17ClN2O2. The molecule has 0 aliphatic rings. The van der Waals surface area contributed by atoms with Gasteiger partial charge in [0.1, 0.15) is 0 Å². The Labute approximate surface area is 133 Å². The lowest BCUT2D eigenvalue weighted by atomic mass is 10.1. The Morgan fingerprint density at radius 1 is 1.18 bits per heavy atom. The predicted molar refractivity (Wildman–Crippen MR) is 88.1 cm³/mol. The first-order valence-corrected chi connectivity index (χ1v) is 7.44. The summed E-state index contributed by atoms with van der Waals surface area (Å²) in [7, 11) is 1.97. The van der Waals surface area contributed by atoms with E-state index in [4.69, 9.17) is 16.0 Å². The third-order valence-electron chi connectivity index (χ3n) is 3.59. The van der Waals surface area contributed by atoms with Crippen molar-refractivity contribution in [1.29, 1.82) is 0 Å². The van der Waals surface area contributed by atoms with E-state index >= 15 is 0 Å². The first-order valence-electron chi connectivity index (χ1n) is 7.06. The minimum Gasteiger partial charge on any atom is -0.408 e. The first kappa shape index (κ1) is 14.9. The number of nitrogens with zero attached hydrogens (tertiary/aromatic N) is 2. The second-order valence-electron chi connectivity index (χ2n) is 5.55. The van der Waals surface area contributed by atoms with Crippen LogP contribution in [0, 0.1) is 6.92 Å². The maximum atomic E-state index is 12.0. The van der Waals surface area contributed by atoms with Gasteiger partial charge < -0.3 is 4.42 Å². The van der Waals surface area contributed by atoms with Crippen LogP contribution in [0.1, 0.15) is 11.1 Å². The Morgan fingerprint density at radius 2 is 1.91 bits per heavy atom. The van der Waals surface area contributed by atoms with Crippen LogP contribution >= 0.6 is 11.6 Å². The van der Waals surface area contributed by atoms with E-state index in [1.54, 1.807) is 22.8 Å². The highest BCUT2D eigenvalue weighted by Gasteiger charge is 2.11. The molecule has 5 heteroatoms. The molecule has 0 aliphatic heterocycles. The van der Waals surface area contributed by atoms with Crippen LogP contribution < -0.4 is 5.76 Å². The standard InChI is InChI=1S/C17H17ClN2O2/c1-12-3-5-13(6-4-12)10-19(2)11-20-15-9-14(18)7-8-16(15)22-17(20)21/h3-9H,10-11H2,1-2H3. The van der Waals surface area contributed by atoms with Crippen LogP contribution in [0.3, 0.4) is 0 Å². The fourth-order valence-electron chi connectivity index (χ4n) is 2.47. The van der Waals surface area contributed by atoms with Crippen LogP contribution in [0.2, 0.25) is 5.02 Å². The molecule has 0 N–H and O–H groups in total. The third-order valence-corrected chi connectivity index (χ3v) is 3.82. The Hall–Kier alpha value is -2.04. The van der Waals surface area contributed by atoms with Crippen LogP contribution in [0.5, 0.6) is 0 Å². The van der Waals surface area contributed by atoms with Gasteiger partial charge in [-0.2, -0.15) is 0 Å². The number of hydrogen-bond donors (Lipinski definition) is 0. The fraction of sp³-hybridized carbons (Fsp3) is 0.235. The molecule has 2 aromatic carbocycles. The number of oxazole rings is 1. The number of fused-ring (bicyclic) bond motifs is 1. The average Bonchev–Trinajstić information content (AvgIpc) is 2.77. The van der Waals surface area contributed by atoms with Gasteiger partial charge in [0, 0.05) is 11.6 Å². The molecule has 3 aromatic rings. The summed E-state index contributed by atoms with van der Waals surface area (Å²) in [6.45, 7) is 3.26. The lowest BCUT2D eigenvalue weighted by Crippen LogP contribution is -2.27. The molecule has 0 spiro atoms. The molecule has 0 saturated carbocycles. The molecule has 22 heavy (non-hydrogen) atoms. The highest BCUT2D eigenvalue weighted by atomic mass is 35.5. The predicted octanol–water partition coefficient (Wildman–Crippen LogP) is 3.65. The topological polar surface area (TPSA) is 38.4 Å². The quantitative estimate of drug-likeness (QED) is 0.737. The molecule has 0 atom stereocenters. The molecule has 0 unspecified atom stereocenters. The van der Waals surface area contributed by atoms with Gasteiger partial charge in [-0.1, -0.05) is 41.4 Å². The van der Waals surface area contributed by atoms with Crippen molar-refractivity contribution >= 4 is 22.7 Å². The van der Waals surface area contributed by atoms with Crippen LogP contribution in [-0.4, -0.2) is 16.5 Å². The van der Waals surface area contributed by atoms with Crippen molar-refractivity contribution in [3.05, 3.63) is 69.2 Å². The minimum atomic E-state index is -0.368. The molecule has 1 aromatic heterocycles. The van der Waals surface area contributed by atoms with E-state index in [9.17, 15) is 4.79 Å². The summed E-state index contributed by atoms with van der Waals surface area (Å²) in [5.41, 5.74) is 3.71. The van der Waals surface area contributed by atoms with E-state index in [1.165, 1.54) is 11.1 Å². The van der Waals surface area contributed by atoms with Gasteiger partial charge in [0.05, 0.1) is 12.2 Å². The van der Waals surface area contributed by atoms with E-state index in [0.717, 1.165) is 6.54 Å². The first-order chi connectivity index (χ1) is 10.5. The van der Waals surface area contributed by atoms with Gasteiger partial charge in [-0.15, -0.1) is 0 Å². The number of aryl methyl sites for hydroxylation is 1. The number of benzene rings is 2. The largest absolute Gasteiger partial charge is 0.421 e. The van der Waals surface area contributed by atoms with Crippen molar-refractivity contribution in [1.82, 2.24) is 9.47 Å². The number of halogens is 1. The second kappa shape index (κ2) is 5.99. The van der Waals surface area contributed by atoms with E-state index in [0.29, 0.717) is 22.8 Å². The normalized spacial score (nSPS) is 11.5. The van der Waals surface area contributed by atoms with Crippen molar-refractivity contribution in [3.8, 4) is 0 Å². The summed E-state index contributed by atoms with van der Waals surface area (Å²) < 4.78 is 6.84. The zero-order chi connectivity index (χ0) is 15.7. The van der Waals surface area contributed by atoms with Crippen molar-refractivity contribution < 1.29 is 4.42 Å². The highest BCUT2D eigenvalue weighted by Crippen LogP contribution is 2.18. The zero-order valence-electron chi connectivity index (χ0n) is 12.5. The van der Waals surface area contributed by atoms with E-state index in [1.807, 2.05) is 7.05 Å². The smallest absolute Gasteiger partial charge is 0.408 e. The van der Waals surface area contributed by atoms with Gasteiger partial charge in [-0.05, 0) is 37.7 Å². The Morgan fingerprint density at radius 3 is 2.64 bits per heavy atom. The van der Waals surface area contributed by atoms with E-state index in [2.05, 4.69) is 36.1 Å². The summed E-state index contributed by atoms with van der Waals surface area (Å²) in [5, 5.41) is 0.586. The number of aromatic nitrogens is 1. The van der Waals surface area contributed by atoms with Crippen molar-refractivity contribution in [3.63, 3.8) is 0 Å². The maximum Gasteiger partial charge on any atom is 0.421 e. The van der Waals surface area contributed by atoms with Crippen molar-refractivity contribution in [2.45, 2.75) is 20.1 Å². The lowest BCUT2D eigenvalue weighted by molar-refractivity contribution is 0.253. The molecule has 0 radical (unpaired) electrons. The lowest BCUT2D eigenvalue weighted by Gasteiger charge is -2.17. The summed E-state index contributed by atoms with van der Waals surface area (Å²) in [6, 6.07) is 13.5. The van der Waals surface area contributed by atoms with Gasteiger partial charge in [-0.25, -0.2) is 4.79 Å². The molecule has 3 rings (SSSR count). The summed E-state index contributed by atoms with van der Waals surface area (Å²) in [4.78, 5) is 14.1. The molecule has 0 aliphatic carbocycles. The average molecular weight is 317 g/mol. The zero-order valence-corrected chi connectivity index (χ0v) is 13.3. The van der Waals surface area contributed by atoms with Crippen LogP contribution in [0.15, 0.2) is 51.7 Å². The minimum absolute atomic E-state index is 0.368. The van der Waals surface area contributed by atoms with Crippen molar-refractivity contribution in [2.75, 3.05) is 7.05 Å². The van der Waals surface area contributed by atoms with Crippen LogP contribution in [0.4, 0.5) is 0 Å². The Balaban J connectivity index is 1.83. The van der Waals surface area contributed by atoms with E-state index < -0.39 is 0 Å². The monoisotopic (exact) mass is 316 g/mol. The molecule has 0 amide bonds. The van der Waals surface area contributed by atoms with Crippen LogP contribution in [-0.2, 0) is 13.2 Å². The van der Waals surface area contributed by atoms with Crippen molar-refractivity contribution in [2.24, 2.45) is 0 Å². The molecule has 0 fully saturated rings. The molecule has 0 saturated heterocycles. The maximum absolute atomic E-state index is 12.0. The van der Waals surface area contributed by atoms with Gasteiger partial charge >= 0.3 is 5.76 Å². The molecule has 4 nitrogen and oxygen atoms in total. The van der Waals surface area contributed by atoms with Gasteiger partial charge in [-0.3, -0.25) is 9.47 Å². The number of hydrogen-bond acceptors (Lipinski definition) is 3. The molecular weight excluding hydrogens is 300 g/mol.